The number of carbonyl (C=O) groups is 1. The monoisotopic (exact) mass is 386 g/mol. The molecule has 27 heavy (non-hydrogen) atoms. The molecule has 1 saturated heterocycles. The Hall–Kier alpha value is -2.40. The fourth-order valence-corrected chi connectivity index (χ4v) is 4.00. The van der Waals surface area contributed by atoms with Crippen molar-refractivity contribution in [1.82, 2.24) is 4.90 Å². The van der Waals surface area contributed by atoms with E-state index in [1.54, 1.807) is 0 Å². The highest BCUT2D eigenvalue weighted by Gasteiger charge is 2.28. The quantitative estimate of drug-likeness (QED) is 0.765. The maximum absolute atomic E-state index is 13.1. The summed E-state index contributed by atoms with van der Waals surface area (Å²) in [5.74, 6) is 1.38. The molecule has 6 heteroatoms. The molecule has 0 radical (unpaired) electrons. The SMILES string of the molecule is O=C(Nc1ccc2c(c1)OCCO2)N1CCCCCC1c1ccccc1Cl. The molecule has 0 aliphatic carbocycles. The molecule has 1 atom stereocenters. The van der Waals surface area contributed by atoms with Crippen LogP contribution in [0.3, 0.4) is 0 Å². The van der Waals surface area contributed by atoms with Crippen LogP contribution in [0.15, 0.2) is 42.5 Å². The van der Waals surface area contributed by atoms with Gasteiger partial charge in [0.15, 0.2) is 11.5 Å². The number of carbonyl (C=O) groups excluding carboxylic acids is 1. The molecule has 1 N–H and O–H groups in total. The van der Waals surface area contributed by atoms with Gasteiger partial charge in [0.2, 0.25) is 0 Å². The predicted octanol–water partition coefficient (Wildman–Crippen LogP) is 5.26. The van der Waals surface area contributed by atoms with Crippen molar-refractivity contribution in [3.63, 3.8) is 0 Å². The van der Waals surface area contributed by atoms with E-state index in [9.17, 15) is 4.79 Å². The first-order valence-electron chi connectivity index (χ1n) is 9.44. The second-order valence-electron chi connectivity index (χ2n) is 6.87. The number of rotatable bonds is 2. The molecule has 0 saturated carbocycles. The number of likely N-dealkylation sites (tertiary alicyclic amines) is 1. The zero-order valence-electron chi connectivity index (χ0n) is 15.1. The molecule has 4 rings (SSSR count). The Balaban J connectivity index is 1.55. The van der Waals surface area contributed by atoms with Gasteiger partial charge in [-0.3, -0.25) is 0 Å². The summed E-state index contributed by atoms with van der Waals surface area (Å²) < 4.78 is 11.2. The fourth-order valence-electron chi connectivity index (χ4n) is 3.74. The van der Waals surface area contributed by atoms with Crippen LogP contribution in [0.25, 0.3) is 0 Å². The number of ether oxygens (including phenoxy) is 2. The third-order valence-electron chi connectivity index (χ3n) is 5.07. The van der Waals surface area contributed by atoms with Crippen LogP contribution < -0.4 is 14.8 Å². The normalized spacial score (nSPS) is 19.3. The van der Waals surface area contributed by atoms with Crippen LogP contribution in [-0.4, -0.2) is 30.7 Å². The van der Waals surface area contributed by atoms with E-state index in [2.05, 4.69) is 5.32 Å². The molecule has 2 aromatic carbocycles. The number of benzene rings is 2. The topological polar surface area (TPSA) is 50.8 Å². The zero-order valence-corrected chi connectivity index (χ0v) is 15.9. The Morgan fingerprint density at radius 1 is 1.04 bits per heavy atom. The summed E-state index contributed by atoms with van der Waals surface area (Å²) in [5, 5.41) is 3.73. The van der Waals surface area contributed by atoms with Crippen molar-refractivity contribution in [2.75, 3.05) is 25.1 Å². The largest absolute Gasteiger partial charge is 0.486 e. The van der Waals surface area contributed by atoms with Gasteiger partial charge in [-0.25, -0.2) is 4.79 Å². The van der Waals surface area contributed by atoms with E-state index in [0.717, 1.165) is 31.2 Å². The van der Waals surface area contributed by atoms with Gasteiger partial charge in [-0.1, -0.05) is 42.6 Å². The van der Waals surface area contributed by atoms with Crippen LogP contribution in [0.1, 0.15) is 37.3 Å². The van der Waals surface area contributed by atoms with E-state index >= 15 is 0 Å². The third kappa shape index (κ3) is 3.98. The van der Waals surface area contributed by atoms with Crippen LogP contribution in [0.2, 0.25) is 5.02 Å². The summed E-state index contributed by atoms with van der Waals surface area (Å²) >= 11 is 6.43. The van der Waals surface area contributed by atoms with E-state index in [-0.39, 0.29) is 12.1 Å². The smallest absolute Gasteiger partial charge is 0.322 e. The average Bonchev–Trinajstić information content (AvgIpc) is 2.94. The fraction of sp³-hybridized carbons (Fsp3) is 0.381. The highest BCUT2D eigenvalue weighted by atomic mass is 35.5. The van der Waals surface area contributed by atoms with Crippen molar-refractivity contribution in [1.29, 1.82) is 0 Å². The molecule has 0 aromatic heterocycles. The lowest BCUT2D eigenvalue weighted by molar-refractivity contribution is 0.171. The van der Waals surface area contributed by atoms with Gasteiger partial charge in [-0.05, 0) is 36.6 Å². The second kappa shape index (κ2) is 8.09. The number of fused-ring (bicyclic) bond motifs is 1. The van der Waals surface area contributed by atoms with Crippen molar-refractivity contribution in [2.45, 2.75) is 31.7 Å². The van der Waals surface area contributed by atoms with Crippen LogP contribution in [0.5, 0.6) is 11.5 Å². The second-order valence-corrected chi connectivity index (χ2v) is 7.28. The lowest BCUT2D eigenvalue weighted by Gasteiger charge is -2.31. The molecule has 2 aliphatic rings. The van der Waals surface area contributed by atoms with Gasteiger partial charge in [-0.15, -0.1) is 0 Å². The third-order valence-corrected chi connectivity index (χ3v) is 5.42. The van der Waals surface area contributed by atoms with Gasteiger partial charge in [0.05, 0.1) is 6.04 Å². The molecule has 5 nitrogen and oxygen atoms in total. The summed E-state index contributed by atoms with van der Waals surface area (Å²) in [4.78, 5) is 15.0. The summed E-state index contributed by atoms with van der Waals surface area (Å²) in [6.07, 6.45) is 4.12. The molecule has 2 aromatic rings. The first-order chi connectivity index (χ1) is 13.2. The van der Waals surface area contributed by atoms with E-state index in [4.69, 9.17) is 21.1 Å². The Kier molecular flexibility index (Phi) is 5.39. The lowest BCUT2D eigenvalue weighted by Crippen LogP contribution is -2.38. The lowest BCUT2D eigenvalue weighted by atomic mass is 10.0. The average molecular weight is 387 g/mol. The van der Waals surface area contributed by atoms with Crippen molar-refractivity contribution in [3.8, 4) is 11.5 Å². The number of hydrogen-bond acceptors (Lipinski definition) is 3. The Morgan fingerprint density at radius 2 is 1.85 bits per heavy atom. The van der Waals surface area contributed by atoms with Crippen molar-refractivity contribution in [2.24, 2.45) is 0 Å². The summed E-state index contributed by atoms with van der Waals surface area (Å²) in [6, 6.07) is 13.2. The molecule has 2 amide bonds. The minimum atomic E-state index is -0.113. The van der Waals surface area contributed by atoms with Gasteiger partial charge in [0.1, 0.15) is 13.2 Å². The Labute approximate surface area is 164 Å². The maximum atomic E-state index is 13.1. The van der Waals surface area contributed by atoms with Crippen LogP contribution in [0.4, 0.5) is 10.5 Å². The Morgan fingerprint density at radius 3 is 2.70 bits per heavy atom. The zero-order chi connectivity index (χ0) is 18.6. The van der Waals surface area contributed by atoms with E-state index in [1.807, 2.05) is 47.4 Å². The molecule has 1 unspecified atom stereocenters. The van der Waals surface area contributed by atoms with Gasteiger partial charge in [-0.2, -0.15) is 0 Å². The number of amides is 2. The van der Waals surface area contributed by atoms with Crippen molar-refractivity contribution in [3.05, 3.63) is 53.1 Å². The molecule has 0 bridgehead atoms. The van der Waals surface area contributed by atoms with E-state index < -0.39 is 0 Å². The first-order valence-corrected chi connectivity index (χ1v) is 9.82. The number of anilines is 1. The standard InChI is InChI=1S/C21H23ClN2O3/c22-17-7-4-3-6-16(17)18-8-2-1-5-11-24(18)21(25)23-15-9-10-19-20(14-15)27-13-12-26-19/h3-4,6-7,9-10,14,18H,1-2,5,8,11-13H2,(H,23,25). The highest BCUT2D eigenvalue weighted by Crippen LogP contribution is 2.36. The first kappa shape index (κ1) is 18.0. The van der Waals surface area contributed by atoms with Gasteiger partial charge >= 0.3 is 6.03 Å². The van der Waals surface area contributed by atoms with Gasteiger partial charge in [0, 0.05) is 23.3 Å². The van der Waals surface area contributed by atoms with Crippen LogP contribution in [0, 0.1) is 0 Å². The summed E-state index contributed by atoms with van der Waals surface area (Å²) in [7, 11) is 0. The molecule has 2 heterocycles. The van der Waals surface area contributed by atoms with E-state index in [0.29, 0.717) is 42.0 Å². The van der Waals surface area contributed by atoms with Crippen LogP contribution >= 0.6 is 11.6 Å². The van der Waals surface area contributed by atoms with E-state index in [1.165, 1.54) is 0 Å². The van der Waals surface area contributed by atoms with Crippen molar-refractivity contribution >= 4 is 23.3 Å². The minimum Gasteiger partial charge on any atom is -0.486 e. The number of halogens is 1. The highest BCUT2D eigenvalue weighted by molar-refractivity contribution is 6.31. The summed E-state index contributed by atoms with van der Waals surface area (Å²) in [6.45, 7) is 1.78. The molecule has 142 valence electrons. The Bertz CT molecular complexity index is 827. The van der Waals surface area contributed by atoms with Crippen molar-refractivity contribution < 1.29 is 14.3 Å². The molecule has 1 fully saturated rings. The maximum Gasteiger partial charge on any atom is 0.322 e. The number of nitrogens with zero attached hydrogens (tertiary/aromatic N) is 1. The molecule has 2 aliphatic heterocycles. The summed E-state index contributed by atoms with van der Waals surface area (Å²) in [5.41, 5.74) is 1.71. The molecular weight excluding hydrogens is 364 g/mol. The van der Waals surface area contributed by atoms with Crippen LogP contribution in [-0.2, 0) is 0 Å². The molecular formula is C21H23ClN2O3. The number of urea groups is 1. The van der Waals surface area contributed by atoms with Gasteiger partial charge < -0.3 is 19.7 Å². The predicted molar refractivity (Wildman–Crippen MR) is 106 cm³/mol. The number of hydrogen-bond donors (Lipinski definition) is 1. The number of nitrogens with one attached hydrogen (secondary N) is 1. The molecule has 0 spiro atoms. The minimum absolute atomic E-state index is 0.0154. The van der Waals surface area contributed by atoms with Gasteiger partial charge in [0.25, 0.3) is 0 Å².